The van der Waals surface area contributed by atoms with Gasteiger partial charge in [-0.3, -0.25) is 19.4 Å². The van der Waals surface area contributed by atoms with Gasteiger partial charge in [0.2, 0.25) is 0 Å². The molecule has 1 aliphatic heterocycles. The van der Waals surface area contributed by atoms with Gasteiger partial charge >= 0.3 is 5.97 Å². The third-order valence-electron chi connectivity index (χ3n) is 9.07. The highest BCUT2D eigenvalue weighted by molar-refractivity contribution is 6.47. The number of carboxylic acids is 1. The Morgan fingerprint density at radius 3 is 2.39 bits per heavy atom. The van der Waals surface area contributed by atoms with Crippen LogP contribution in [0.15, 0.2) is 47.5 Å². The number of carbonyl (C=O) groups is 3. The van der Waals surface area contributed by atoms with Crippen LogP contribution in [-0.4, -0.2) is 45.7 Å². The molecule has 2 aliphatic rings. The summed E-state index contributed by atoms with van der Waals surface area (Å²) in [5, 5.41) is 11.4. The summed E-state index contributed by atoms with van der Waals surface area (Å²) in [6.07, 6.45) is 4.89. The minimum absolute atomic E-state index is 0.0433. The molecular formula is C32H39ClFN3O4. The number of nitrogens with one attached hydrogen (secondary N) is 1. The maximum absolute atomic E-state index is 14.2. The lowest BCUT2D eigenvalue weighted by Gasteiger charge is -2.48. The lowest BCUT2D eigenvalue weighted by Crippen LogP contribution is -2.51. The van der Waals surface area contributed by atoms with E-state index < -0.39 is 17.4 Å². The highest BCUT2D eigenvalue weighted by atomic mass is 35.5. The minimum atomic E-state index is -0.979. The fraction of sp³-hybridized carbons (Fsp3) is 0.500. The molecule has 2 aromatic rings. The number of carbonyl (C=O) groups excluding carboxylic acids is 2. The molecule has 0 radical (unpaired) electrons. The SMILES string of the molecule is CC[C@H](c1ccc(C(=O)NCCC(=O)O)cc1)N1C(=O)C(c2ccc(F)c(Cl)c2)=NC12CCC(C(C)(C)CC)CC2. The summed E-state index contributed by atoms with van der Waals surface area (Å²) in [6.45, 7) is 8.89. The van der Waals surface area contributed by atoms with Crippen LogP contribution in [0.3, 0.4) is 0 Å². The largest absolute Gasteiger partial charge is 0.481 e. The van der Waals surface area contributed by atoms with Gasteiger partial charge in [0, 0.05) is 17.7 Å². The third kappa shape index (κ3) is 6.32. The Morgan fingerprint density at radius 2 is 1.83 bits per heavy atom. The van der Waals surface area contributed by atoms with E-state index >= 15 is 0 Å². The van der Waals surface area contributed by atoms with Crippen LogP contribution in [0.25, 0.3) is 0 Å². The van der Waals surface area contributed by atoms with Gasteiger partial charge in [0.15, 0.2) is 0 Å². The van der Waals surface area contributed by atoms with Crippen LogP contribution in [0.5, 0.6) is 0 Å². The van der Waals surface area contributed by atoms with Gasteiger partial charge in [0.1, 0.15) is 17.2 Å². The average molecular weight is 584 g/mol. The molecule has 220 valence electrons. The topological polar surface area (TPSA) is 99.1 Å². The van der Waals surface area contributed by atoms with Crippen LogP contribution in [0.4, 0.5) is 4.39 Å². The quantitative estimate of drug-likeness (QED) is 0.322. The lowest BCUT2D eigenvalue weighted by atomic mass is 9.67. The van der Waals surface area contributed by atoms with Crippen molar-refractivity contribution in [2.24, 2.45) is 16.3 Å². The summed E-state index contributed by atoms with van der Waals surface area (Å²) in [5.41, 5.74) is 1.57. The second-order valence-electron chi connectivity index (χ2n) is 11.8. The fourth-order valence-electron chi connectivity index (χ4n) is 6.19. The summed E-state index contributed by atoms with van der Waals surface area (Å²) in [7, 11) is 0. The van der Waals surface area contributed by atoms with Crippen molar-refractivity contribution >= 4 is 35.1 Å². The number of aliphatic carboxylic acids is 1. The van der Waals surface area contributed by atoms with Crippen molar-refractivity contribution in [2.75, 3.05) is 6.54 Å². The van der Waals surface area contributed by atoms with Crippen molar-refractivity contribution in [3.05, 3.63) is 70.0 Å². The molecule has 0 aromatic heterocycles. The van der Waals surface area contributed by atoms with Crippen LogP contribution in [0, 0.1) is 17.2 Å². The van der Waals surface area contributed by atoms with Crippen LogP contribution < -0.4 is 5.32 Å². The molecule has 1 spiro atoms. The molecule has 0 unspecified atom stereocenters. The zero-order valence-electron chi connectivity index (χ0n) is 24.2. The highest BCUT2D eigenvalue weighted by Gasteiger charge is 2.52. The molecule has 4 rings (SSSR count). The van der Waals surface area contributed by atoms with Gasteiger partial charge in [0.25, 0.3) is 11.8 Å². The molecule has 2 amide bonds. The third-order valence-corrected chi connectivity index (χ3v) is 9.36. The van der Waals surface area contributed by atoms with Gasteiger partial charge in [-0.2, -0.15) is 0 Å². The molecule has 2 N–H and O–H groups in total. The van der Waals surface area contributed by atoms with Gasteiger partial charge in [-0.25, -0.2) is 4.39 Å². The molecule has 7 nitrogen and oxygen atoms in total. The lowest BCUT2D eigenvalue weighted by molar-refractivity contribution is -0.137. The van der Waals surface area contributed by atoms with Crippen LogP contribution in [0.2, 0.25) is 5.02 Å². The molecular weight excluding hydrogens is 545 g/mol. The molecule has 1 atom stereocenters. The van der Waals surface area contributed by atoms with Crippen molar-refractivity contribution in [3.8, 4) is 0 Å². The average Bonchev–Trinajstić information content (AvgIpc) is 3.22. The first-order chi connectivity index (χ1) is 19.4. The van der Waals surface area contributed by atoms with E-state index in [1.54, 1.807) is 18.2 Å². The van der Waals surface area contributed by atoms with E-state index in [0.717, 1.165) is 37.7 Å². The van der Waals surface area contributed by atoms with Crippen LogP contribution in [-0.2, 0) is 9.59 Å². The second kappa shape index (κ2) is 12.3. The van der Waals surface area contributed by atoms with E-state index in [1.165, 1.54) is 12.1 Å². The van der Waals surface area contributed by atoms with E-state index in [1.807, 2.05) is 24.0 Å². The molecule has 1 heterocycles. The predicted octanol–water partition coefficient (Wildman–Crippen LogP) is 6.79. The first-order valence-corrected chi connectivity index (χ1v) is 14.8. The minimum Gasteiger partial charge on any atom is -0.481 e. The van der Waals surface area contributed by atoms with Crippen molar-refractivity contribution in [1.82, 2.24) is 10.2 Å². The van der Waals surface area contributed by atoms with Crippen molar-refractivity contribution in [3.63, 3.8) is 0 Å². The summed E-state index contributed by atoms with van der Waals surface area (Å²) in [4.78, 5) is 44.5. The summed E-state index contributed by atoms with van der Waals surface area (Å²) in [6, 6.07) is 11.1. The number of hydrogen-bond donors (Lipinski definition) is 2. The number of benzene rings is 2. The van der Waals surface area contributed by atoms with Gasteiger partial charge < -0.3 is 15.3 Å². The second-order valence-corrected chi connectivity index (χ2v) is 12.2. The Bertz CT molecular complexity index is 1330. The Morgan fingerprint density at radius 1 is 1.17 bits per heavy atom. The molecule has 0 bridgehead atoms. The molecule has 0 saturated heterocycles. The van der Waals surface area contributed by atoms with Crippen molar-refractivity contribution < 1.29 is 23.9 Å². The maximum Gasteiger partial charge on any atom is 0.305 e. The number of hydrogen-bond acceptors (Lipinski definition) is 4. The predicted molar refractivity (Wildman–Crippen MR) is 158 cm³/mol. The normalized spacial score (nSPS) is 21.6. The van der Waals surface area contributed by atoms with E-state index in [0.29, 0.717) is 29.2 Å². The molecule has 1 aliphatic carbocycles. The maximum atomic E-state index is 14.2. The van der Waals surface area contributed by atoms with E-state index in [2.05, 4.69) is 26.1 Å². The highest BCUT2D eigenvalue weighted by Crippen LogP contribution is 2.50. The van der Waals surface area contributed by atoms with Crippen molar-refractivity contribution in [2.45, 2.75) is 84.3 Å². The number of amides is 2. The summed E-state index contributed by atoms with van der Waals surface area (Å²) >= 11 is 6.10. The van der Waals surface area contributed by atoms with Gasteiger partial charge in [-0.1, -0.05) is 57.8 Å². The van der Waals surface area contributed by atoms with Crippen LogP contribution in [0.1, 0.15) is 100 Å². The van der Waals surface area contributed by atoms with Gasteiger partial charge in [-0.05, 0) is 79.3 Å². The fourth-order valence-corrected chi connectivity index (χ4v) is 6.37. The zero-order valence-corrected chi connectivity index (χ0v) is 24.9. The zero-order chi connectivity index (χ0) is 29.9. The van der Waals surface area contributed by atoms with Gasteiger partial charge in [-0.15, -0.1) is 0 Å². The van der Waals surface area contributed by atoms with E-state index in [9.17, 15) is 18.8 Å². The standard InChI is InChI=1S/C32H39ClFN3O4/c1-5-26(20-7-9-21(10-8-20)29(40)35-18-15-27(38)39)37-30(41)28(22-11-12-25(34)24(33)19-22)36-32(37)16-13-23(14-17-32)31(3,4)6-2/h7-12,19,23,26H,5-6,13-18H2,1-4H3,(H,35,40)(H,38,39)/t23?,26-,32?/m1/s1. The number of nitrogens with zero attached hydrogens (tertiary/aromatic N) is 2. The molecule has 1 fully saturated rings. The molecule has 1 saturated carbocycles. The van der Waals surface area contributed by atoms with Crippen molar-refractivity contribution in [1.29, 1.82) is 0 Å². The smallest absolute Gasteiger partial charge is 0.305 e. The van der Waals surface area contributed by atoms with Gasteiger partial charge in [0.05, 0.1) is 17.5 Å². The Balaban J connectivity index is 1.66. The monoisotopic (exact) mass is 583 g/mol. The van der Waals surface area contributed by atoms with E-state index in [4.69, 9.17) is 21.7 Å². The molecule has 9 heteroatoms. The Hall–Kier alpha value is -3.26. The molecule has 2 aromatic carbocycles. The summed E-state index contributed by atoms with van der Waals surface area (Å²) < 4.78 is 14.0. The first-order valence-electron chi connectivity index (χ1n) is 14.4. The Kier molecular flexibility index (Phi) is 9.22. The number of aliphatic imine (C=N–C) groups is 1. The number of rotatable bonds is 10. The molecule has 41 heavy (non-hydrogen) atoms. The summed E-state index contributed by atoms with van der Waals surface area (Å²) in [5.74, 6) is -1.56. The Labute approximate surface area is 246 Å². The first kappa shape index (κ1) is 30.7. The number of carboxylic acid groups (broad SMARTS) is 1. The van der Waals surface area contributed by atoms with Crippen LogP contribution >= 0.6 is 11.6 Å². The van der Waals surface area contributed by atoms with E-state index in [-0.39, 0.29) is 41.3 Å². The number of halogens is 2.